The van der Waals surface area contributed by atoms with E-state index in [1.54, 1.807) is 0 Å². The minimum absolute atomic E-state index is 1.02. The summed E-state index contributed by atoms with van der Waals surface area (Å²) >= 11 is 4.27. The van der Waals surface area contributed by atoms with E-state index in [0.717, 1.165) is 6.54 Å². The molecule has 0 atom stereocenters. The zero-order valence-corrected chi connectivity index (χ0v) is 5.91. The summed E-state index contributed by atoms with van der Waals surface area (Å²) in [5, 5.41) is 0. The average molecular weight is 166 g/mol. The normalized spacial score (nSPS) is 21.2. The molecule has 1 aliphatic rings. The van der Waals surface area contributed by atoms with E-state index in [9.17, 15) is 0 Å². The minimum atomic E-state index is 1.02. The van der Waals surface area contributed by atoms with Crippen LogP contribution in [0.5, 0.6) is 0 Å². The van der Waals surface area contributed by atoms with E-state index in [2.05, 4.69) is 21.0 Å². The first-order chi connectivity index (χ1) is 2.89. The molecule has 3 heteroatoms. The Morgan fingerprint density at radius 1 is 1.83 bits per heavy atom. The van der Waals surface area contributed by atoms with Crippen LogP contribution in [-0.4, -0.2) is 32.3 Å². The van der Waals surface area contributed by atoms with Crippen LogP contribution >= 0.6 is 11.8 Å². The van der Waals surface area contributed by atoms with E-state index in [-0.39, 0.29) is 0 Å². The van der Waals surface area contributed by atoms with Gasteiger partial charge in [0.05, 0.1) is 0 Å². The van der Waals surface area contributed by atoms with Gasteiger partial charge in [0.15, 0.2) is 0 Å². The Kier molecular flexibility index (Phi) is 1.57. The van der Waals surface area contributed by atoms with Crippen LogP contribution in [0.1, 0.15) is 0 Å². The van der Waals surface area contributed by atoms with Gasteiger partial charge in [-0.05, 0) is 0 Å². The second-order valence-electron chi connectivity index (χ2n) is 1.01. The fourth-order valence-electron chi connectivity index (χ4n) is 0.324. The van der Waals surface area contributed by atoms with Gasteiger partial charge in [-0.1, -0.05) is 0 Å². The maximum atomic E-state index is 4.09. The average Bonchev–Trinajstić information content (AvgIpc) is 1.86. The van der Waals surface area contributed by atoms with Crippen molar-refractivity contribution in [1.82, 2.24) is 0 Å². The summed E-state index contributed by atoms with van der Waals surface area (Å²) in [6, 6.07) is 0. The first-order valence-electron chi connectivity index (χ1n) is 1.76. The molecule has 6 heavy (non-hydrogen) atoms. The molecule has 34 valence electrons. The zero-order valence-electron chi connectivity index (χ0n) is 3.22. The van der Waals surface area contributed by atoms with Gasteiger partial charge in [-0.25, -0.2) is 0 Å². The van der Waals surface area contributed by atoms with E-state index in [0.29, 0.717) is 0 Å². The van der Waals surface area contributed by atoms with Gasteiger partial charge in [-0.15, -0.1) is 0 Å². The van der Waals surface area contributed by atoms with Gasteiger partial charge in [0, 0.05) is 0 Å². The summed E-state index contributed by atoms with van der Waals surface area (Å²) in [7, 11) is 0. The van der Waals surface area contributed by atoms with Crippen LogP contribution in [0.2, 0.25) is 0 Å². The number of thioether (sulfide) groups is 1. The van der Waals surface area contributed by atoms with E-state index in [1.165, 1.54) is 9.69 Å². The molecule has 1 heterocycles. The molecule has 1 nitrogen and oxygen atoms in total. The molecule has 0 aromatic heterocycles. The van der Waals surface area contributed by atoms with Crippen LogP contribution in [0.25, 0.3) is 0 Å². The van der Waals surface area contributed by atoms with Gasteiger partial charge in [0.25, 0.3) is 0 Å². The molecule has 1 aliphatic heterocycles. The van der Waals surface area contributed by atoms with Gasteiger partial charge < -0.3 is 0 Å². The van der Waals surface area contributed by atoms with Crippen molar-refractivity contribution in [3.05, 3.63) is 0 Å². The molecule has 0 bridgehead atoms. The molecule has 0 amide bonds. The van der Waals surface area contributed by atoms with Crippen molar-refractivity contribution in [3.63, 3.8) is 0 Å². The predicted octanol–water partition coefficient (Wildman–Crippen LogP) is -0.0100. The van der Waals surface area contributed by atoms with Gasteiger partial charge in [0.2, 0.25) is 0 Å². The number of rotatable bonds is 0. The van der Waals surface area contributed by atoms with Crippen molar-refractivity contribution in [3.8, 4) is 0 Å². The van der Waals surface area contributed by atoms with Crippen molar-refractivity contribution < 1.29 is 0 Å². The monoisotopic (exact) mass is 167 g/mol. The molecule has 0 aromatic rings. The van der Waals surface area contributed by atoms with Crippen LogP contribution in [-0.2, 0) is 0 Å². The van der Waals surface area contributed by atoms with Crippen LogP contribution in [0, 0.1) is 0 Å². The summed E-state index contributed by atoms with van der Waals surface area (Å²) < 4.78 is 1.18. The van der Waals surface area contributed by atoms with Gasteiger partial charge >= 0.3 is 49.0 Å². The fraction of sp³-hybridized carbons (Fsp3) is 0.667. The summed E-state index contributed by atoms with van der Waals surface area (Å²) in [4.78, 5) is 4.09. The molecular formula is C3H5NSSe. The molecule has 0 saturated heterocycles. The number of hydrogen-bond acceptors (Lipinski definition) is 2. The predicted molar refractivity (Wildman–Crippen MR) is 31.9 cm³/mol. The van der Waals surface area contributed by atoms with Crippen molar-refractivity contribution >= 4 is 31.7 Å². The molecule has 0 spiro atoms. The third kappa shape index (κ3) is 1.00. The Labute approximate surface area is 49.4 Å². The van der Waals surface area contributed by atoms with Gasteiger partial charge in [0.1, 0.15) is 0 Å². The molecule has 1 rings (SSSR count). The van der Waals surface area contributed by atoms with Gasteiger partial charge in [-0.3, -0.25) is 0 Å². The van der Waals surface area contributed by atoms with E-state index >= 15 is 0 Å². The third-order valence-corrected chi connectivity index (χ3v) is 2.45. The standard InChI is InChI=1S/C3H5NSSe/c6-3-4-1-2-5-3/h1-2H2,(H,4,6). The molecule has 0 N–H and O–H groups in total. The summed E-state index contributed by atoms with van der Waals surface area (Å²) in [6.45, 7) is 1.02. The van der Waals surface area contributed by atoms with Gasteiger partial charge in [-0.2, -0.15) is 0 Å². The maximum absolute atomic E-state index is 4.09. The Morgan fingerprint density at radius 3 is 2.83 bits per heavy atom. The molecule has 0 aliphatic carbocycles. The molecule has 0 radical (unpaired) electrons. The first kappa shape index (κ1) is 4.69. The van der Waals surface area contributed by atoms with Crippen LogP contribution in [0.15, 0.2) is 4.99 Å². The number of nitrogens with zero attached hydrogens (tertiary/aromatic N) is 1. The summed E-state index contributed by atoms with van der Waals surface area (Å²) in [5.74, 6) is 1.18. The van der Waals surface area contributed by atoms with Crippen LogP contribution < -0.4 is 0 Å². The Hall–Kier alpha value is 0.539. The number of aliphatic imine (C=N–C) groups is 1. The molecule has 0 aromatic carbocycles. The third-order valence-electron chi connectivity index (χ3n) is 0.570. The Morgan fingerprint density at radius 2 is 2.67 bits per heavy atom. The topological polar surface area (TPSA) is 12.4 Å². The quantitative estimate of drug-likeness (QED) is 0.461. The molecule has 0 saturated carbocycles. The van der Waals surface area contributed by atoms with E-state index in [1.807, 2.05) is 11.8 Å². The summed E-state index contributed by atoms with van der Waals surface area (Å²) in [6.07, 6.45) is 0. The molecular weight excluding hydrogens is 161 g/mol. The van der Waals surface area contributed by atoms with E-state index in [4.69, 9.17) is 0 Å². The molecule has 0 unspecified atom stereocenters. The summed E-state index contributed by atoms with van der Waals surface area (Å²) in [5.41, 5.74) is 0. The fourth-order valence-corrected chi connectivity index (χ4v) is 1.66. The Bertz CT molecular complexity index is 80.9. The second-order valence-corrected chi connectivity index (χ2v) is 3.64. The first-order valence-corrected chi connectivity index (χ1v) is 3.68. The Balaban J connectivity index is 2.45. The van der Waals surface area contributed by atoms with Crippen LogP contribution in [0.3, 0.4) is 0 Å². The van der Waals surface area contributed by atoms with Crippen molar-refractivity contribution in [2.75, 3.05) is 12.3 Å². The van der Waals surface area contributed by atoms with Crippen LogP contribution in [0.4, 0.5) is 0 Å². The molecule has 0 fully saturated rings. The van der Waals surface area contributed by atoms with E-state index < -0.39 is 0 Å². The van der Waals surface area contributed by atoms with Crippen molar-refractivity contribution in [2.24, 2.45) is 4.99 Å². The number of hydrogen-bond donors (Lipinski definition) is 0. The SMILES string of the molecule is [SeH]C1=NCCS1. The zero-order chi connectivity index (χ0) is 4.41. The second kappa shape index (κ2) is 2.01. The van der Waals surface area contributed by atoms with Crippen molar-refractivity contribution in [2.45, 2.75) is 0 Å². The van der Waals surface area contributed by atoms with Crippen molar-refractivity contribution in [1.29, 1.82) is 0 Å².